The molecule has 208 valence electrons. The van der Waals surface area contributed by atoms with E-state index in [0.29, 0.717) is 18.0 Å². The second-order valence-electron chi connectivity index (χ2n) is 11.8. The highest BCUT2D eigenvalue weighted by Gasteiger charge is 2.31. The molecule has 0 N–H and O–H groups in total. The quantitative estimate of drug-likeness (QED) is 0.255. The molecule has 3 aliphatic heterocycles. The van der Waals surface area contributed by atoms with Crippen molar-refractivity contribution < 1.29 is 9.14 Å². The number of allylic oxidation sites excluding steroid dienone is 1. The lowest BCUT2D eigenvalue weighted by atomic mass is 9.94. The number of unbranched alkanes of at least 4 members (excludes halogenated alkanes) is 2. The van der Waals surface area contributed by atoms with Crippen molar-refractivity contribution in [3.05, 3.63) is 77.8 Å². The Morgan fingerprint density at radius 2 is 1.62 bits per heavy atom. The molecular formula is C36H46N4+2. The Bertz CT molecular complexity index is 1320. The lowest BCUT2D eigenvalue weighted by Crippen LogP contribution is -2.36. The van der Waals surface area contributed by atoms with Gasteiger partial charge in [0.05, 0.1) is 5.92 Å². The van der Waals surface area contributed by atoms with Crippen molar-refractivity contribution in [2.24, 2.45) is 5.92 Å². The van der Waals surface area contributed by atoms with Crippen LogP contribution in [0.25, 0.3) is 0 Å². The third-order valence-corrected chi connectivity index (χ3v) is 8.71. The smallest absolute Gasteiger partial charge is 0.173 e. The molecule has 2 fully saturated rings. The van der Waals surface area contributed by atoms with Crippen LogP contribution in [0.2, 0.25) is 0 Å². The number of rotatable bonds is 8. The average Bonchev–Trinajstić information content (AvgIpc) is 3.61. The summed E-state index contributed by atoms with van der Waals surface area (Å²) >= 11 is 0. The summed E-state index contributed by atoms with van der Waals surface area (Å²) in [5, 5.41) is 0. The summed E-state index contributed by atoms with van der Waals surface area (Å²) in [5.74, 6) is 14.1. The number of hydrogen-bond acceptors (Lipinski definition) is 2. The number of likely N-dealkylation sites (tertiary alicyclic amines) is 2. The van der Waals surface area contributed by atoms with Crippen LogP contribution in [0.5, 0.6) is 0 Å². The molecule has 40 heavy (non-hydrogen) atoms. The fraction of sp³-hybridized carbons (Fsp3) is 0.500. The predicted molar refractivity (Wildman–Crippen MR) is 164 cm³/mol. The van der Waals surface area contributed by atoms with E-state index in [0.717, 1.165) is 49.9 Å². The van der Waals surface area contributed by atoms with Gasteiger partial charge in [-0.2, -0.15) is 0 Å². The van der Waals surface area contributed by atoms with Crippen LogP contribution in [-0.4, -0.2) is 60.4 Å². The van der Waals surface area contributed by atoms with Crippen molar-refractivity contribution in [3.8, 4) is 23.7 Å². The van der Waals surface area contributed by atoms with Crippen LogP contribution in [-0.2, 0) is 6.54 Å². The number of nitrogens with zero attached hydrogens (tertiary/aromatic N) is 4. The number of aromatic nitrogens is 1. The van der Waals surface area contributed by atoms with Gasteiger partial charge in [-0.15, -0.1) is 0 Å². The van der Waals surface area contributed by atoms with Crippen molar-refractivity contribution in [3.63, 3.8) is 0 Å². The first kappa shape index (κ1) is 28.4. The van der Waals surface area contributed by atoms with Gasteiger partial charge in [-0.3, -0.25) is 4.90 Å². The van der Waals surface area contributed by atoms with E-state index in [9.17, 15) is 0 Å². The lowest BCUT2D eigenvalue weighted by Gasteiger charge is -2.25. The molecule has 1 unspecified atom stereocenters. The van der Waals surface area contributed by atoms with Crippen LogP contribution in [0.1, 0.15) is 80.5 Å². The average molecular weight is 535 g/mol. The van der Waals surface area contributed by atoms with Gasteiger partial charge in [0.15, 0.2) is 18.6 Å². The standard InChI is InChI=1S/C36H46N4/c1-37-22-12-20-35(37)33-18-10-26-39(29-33)24-7-3-5-14-31-16-9-17-32(28-31)15-6-4-8-25-40-27-11-19-34(30-40)36-21-13-23-38(36)2/h9-11,16-18,26-30,34-36H,3-4,7-8,12-13,19-25H2,1-2H3/q+2/t34?,35-,36-/m0/s1. The molecule has 0 spiro atoms. The van der Waals surface area contributed by atoms with Crippen molar-refractivity contribution in [2.75, 3.05) is 33.7 Å². The van der Waals surface area contributed by atoms with Crippen molar-refractivity contribution in [2.45, 2.75) is 76.4 Å². The van der Waals surface area contributed by atoms with Gasteiger partial charge in [-0.25, -0.2) is 9.14 Å². The molecule has 1 aromatic heterocycles. The molecule has 4 nitrogen and oxygen atoms in total. The van der Waals surface area contributed by atoms with E-state index in [1.54, 1.807) is 0 Å². The van der Waals surface area contributed by atoms with Gasteiger partial charge in [0.25, 0.3) is 0 Å². The van der Waals surface area contributed by atoms with Gasteiger partial charge in [0, 0.05) is 60.5 Å². The van der Waals surface area contributed by atoms with E-state index in [1.165, 1.54) is 50.8 Å². The first-order valence-corrected chi connectivity index (χ1v) is 15.4. The molecule has 2 aromatic rings. The zero-order chi connectivity index (χ0) is 27.6. The van der Waals surface area contributed by atoms with E-state index < -0.39 is 0 Å². The highest BCUT2D eigenvalue weighted by molar-refractivity contribution is 5.58. The minimum Gasteiger partial charge on any atom is -0.303 e. The largest absolute Gasteiger partial charge is 0.303 e. The van der Waals surface area contributed by atoms with E-state index >= 15 is 0 Å². The number of benzene rings is 1. The second kappa shape index (κ2) is 14.5. The van der Waals surface area contributed by atoms with Crippen LogP contribution in [0.15, 0.2) is 61.1 Å². The number of pyridine rings is 1. The van der Waals surface area contributed by atoms with Gasteiger partial charge in [0.1, 0.15) is 19.3 Å². The highest BCUT2D eigenvalue weighted by Crippen LogP contribution is 2.29. The summed E-state index contributed by atoms with van der Waals surface area (Å²) < 4.78 is 4.72. The molecule has 4 heterocycles. The van der Waals surface area contributed by atoms with Crippen molar-refractivity contribution in [1.82, 2.24) is 9.80 Å². The Morgan fingerprint density at radius 3 is 2.35 bits per heavy atom. The topological polar surface area (TPSA) is 13.4 Å². The minimum absolute atomic E-state index is 0.574. The molecule has 0 aliphatic carbocycles. The van der Waals surface area contributed by atoms with E-state index in [2.05, 4.69) is 124 Å². The minimum atomic E-state index is 0.574. The zero-order valence-corrected chi connectivity index (χ0v) is 24.6. The van der Waals surface area contributed by atoms with E-state index in [4.69, 9.17) is 0 Å². The number of aryl methyl sites for hydroxylation is 1. The normalized spacial score (nSPS) is 22.9. The summed E-state index contributed by atoms with van der Waals surface area (Å²) in [7, 11) is 4.52. The van der Waals surface area contributed by atoms with Crippen LogP contribution in [0.3, 0.4) is 0 Å². The Kier molecular flexibility index (Phi) is 10.2. The third-order valence-electron chi connectivity index (χ3n) is 8.71. The summed E-state index contributed by atoms with van der Waals surface area (Å²) in [6.07, 6.45) is 21.9. The van der Waals surface area contributed by atoms with Gasteiger partial charge in [-0.1, -0.05) is 29.7 Å². The molecule has 3 aliphatic rings. The van der Waals surface area contributed by atoms with Gasteiger partial charge in [0.2, 0.25) is 0 Å². The molecule has 0 saturated carbocycles. The molecule has 1 aromatic carbocycles. The van der Waals surface area contributed by atoms with E-state index in [-0.39, 0.29) is 0 Å². The predicted octanol–water partition coefficient (Wildman–Crippen LogP) is 5.42. The molecule has 0 bridgehead atoms. The van der Waals surface area contributed by atoms with Crippen LogP contribution in [0.4, 0.5) is 0 Å². The fourth-order valence-corrected chi connectivity index (χ4v) is 6.51. The Balaban J connectivity index is 1.04. The Hall–Kier alpha value is -3.18. The molecule has 0 radical (unpaired) electrons. The summed E-state index contributed by atoms with van der Waals surface area (Å²) in [5.41, 5.74) is 3.56. The first-order valence-electron chi connectivity index (χ1n) is 15.4. The van der Waals surface area contributed by atoms with Gasteiger partial charge < -0.3 is 4.90 Å². The maximum Gasteiger partial charge on any atom is 0.173 e. The van der Waals surface area contributed by atoms with E-state index in [1.807, 2.05) is 0 Å². The van der Waals surface area contributed by atoms with Crippen LogP contribution < -0.4 is 4.57 Å². The molecule has 4 heteroatoms. The second-order valence-corrected chi connectivity index (χ2v) is 11.8. The molecule has 3 atom stereocenters. The SMILES string of the molecule is CN1CCC[C@H]1c1ccc[n+](CCCC#Cc2cccc(C#CCCC[N+]3=CC([C@@H]4CCCN4C)CC=C3)c2)c1. The highest BCUT2D eigenvalue weighted by atomic mass is 15.2. The third kappa shape index (κ3) is 7.94. The van der Waals surface area contributed by atoms with Crippen LogP contribution >= 0.6 is 0 Å². The van der Waals surface area contributed by atoms with Crippen LogP contribution in [0, 0.1) is 29.6 Å². The molecule has 2 saturated heterocycles. The van der Waals surface area contributed by atoms with Gasteiger partial charge in [-0.05, 0) is 89.6 Å². The zero-order valence-electron chi connectivity index (χ0n) is 24.6. The van der Waals surface area contributed by atoms with Crippen molar-refractivity contribution in [1.29, 1.82) is 0 Å². The maximum atomic E-state index is 3.39. The molecule has 0 amide bonds. The van der Waals surface area contributed by atoms with Crippen molar-refractivity contribution >= 4 is 6.21 Å². The number of hydrogen-bond donors (Lipinski definition) is 0. The first-order chi connectivity index (χ1) is 19.7. The summed E-state index contributed by atoms with van der Waals surface area (Å²) in [4.78, 5) is 5.01. The molecular weight excluding hydrogens is 488 g/mol. The maximum absolute atomic E-state index is 3.39. The summed E-state index contributed by atoms with van der Waals surface area (Å²) in [6.45, 7) is 4.50. The monoisotopic (exact) mass is 534 g/mol. The Labute approximate surface area is 242 Å². The molecule has 5 rings (SSSR count). The fourth-order valence-electron chi connectivity index (χ4n) is 6.51. The Morgan fingerprint density at radius 1 is 0.875 bits per heavy atom. The lowest BCUT2D eigenvalue weighted by molar-refractivity contribution is -0.697. The summed E-state index contributed by atoms with van der Waals surface area (Å²) in [6, 6.07) is 14.1. The van der Waals surface area contributed by atoms with Gasteiger partial charge >= 0.3 is 0 Å².